The molecule has 0 bridgehead atoms. The Balaban J connectivity index is 1.49. The standard InChI is InChI=1S/C19H19N3O4/c1-22-8-7-20-17(22)16-13(6-9-25-16)11-21-18(23)15-10-12-4-2-3-5-14(12)19(24)26-15/h2-5,7-8,10,13,16H,6,9,11H2,1H3,(H,21,23)/t13-,16+/m0/s1. The van der Waals surface area contributed by atoms with Crippen molar-refractivity contribution in [1.29, 1.82) is 0 Å². The molecule has 26 heavy (non-hydrogen) atoms. The van der Waals surface area contributed by atoms with Crippen LogP contribution >= 0.6 is 0 Å². The molecule has 1 saturated heterocycles. The van der Waals surface area contributed by atoms with Crippen molar-refractivity contribution in [3.8, 4) is 0 Å². The average molecular weight is 353 g/mol. The molecule has 4 rings (SSSR count). The Morgan fingerprint density at radius 2 is 2.23 bits per heavy atom. The highest BCUT2D eigenvalue weighted by molar-refractivity contribution is 5.95. The smallest absolute Gasteiger partial charge is 0.344 e. The zero-order valence-corrected chi connectivity index (χ0v) is 14.3. The van der Waals surface area contributed by atoms with E-state index in [4.69, 9.17) is 9.15 Å². The van der Waals surface area contributed by atoms with Crippen LogP contribution in [-0.4, -0.2) is 28.6 Å². The number of aromatic nitrogens is 2. The van der Waals surface area contributed by atoms with E-state index < -0.39 is 11.5 Å². The van der Waals surface area contributed by atoms with Gasteiger partial charge in [0.2, 0.25) is 0 Å². The number of fused-ring (bicyclic) bond motifs is 1. The van der Waals surface area contributed by atoms with Gasteiger partial charge in [-0.25, -0.2) is 9.78 Å². The van der Waals surface area contributed by atoms with Crippen molar-refractivity contribution in [2.45, 2.75) is 12.5 Å². The minimum Gasteiger partial charge on any atom is -0.417 e. The minimum atomic E-state index is -0.511. The molecule has 0 spiro atoms. The van der Waals surface area contributed by atoms with Gasteiger partial charge in [-0.2, -0.15) is 0 Å². The summed E-state index contributed by atoms with van der Waals surface area (Å²) in [6.07, 6.45) is 4.28. The maximum absolute atomic E-state index is 12.5. The van der Waals surface area contributed by atoms with Crippen LogP contribution in [-0.2, 0) is 11.8 Å². The third kappa shape index (κ3) is 3.01. The Labute approximate surface area is 149 Å². The van der Waals surface area contributed by atoms with Crippen molar-refractivity contribution in [2.24, 2.45) is 13.0 Å². The average Bonchev–Trinajstić information content (AvgIpc) is 3.27. The maximum Gasteiger partial charge on any atom is 0.344 e. The summed E-state index contributed by atoms with van der Waals surface area (Å²) in [6, 6.07) is 8.63. The van der Waals surface area contributed by atoms with Gasteiger partial charge in [-0.05, 0) is 23.9 Å². The first kappa shape index (κ1) is 16.5. The molecule has 0 radical (unpaired) electrons. The van der Waals surface area contributed by atoms with E-state index in [1.54, 1.807) is 30.5 Å². The number of hydrogen-bond acceptors (Lipinski definition) is 5. The number of hydrogen-bond donors (Lipinski definition) is 1. The highest BCUT2D eigenvalue weighted by Crippen LogP contribution is 2.32. The van der Waals surface area contributed by atoms with Crippen molar-refractivity contribution >= 4 is 16.7 Å². The van der Waals surface area contributed by atoms with Gasteiger partial charge in [0.1, 0.15) is 11.9 Å². The van der Waals surface area contributed by atoms with Crippen molar-refractivity contribution in [3.63, 3.8) is 0 Å². The van der Waals surface area contributed by atoms with E-state index in [0.717, 1.165) is 12.2 Å². The molecule has 1 aliphatic heterocycles. The molecule has 3 heterocycles. The predicted octanol–water partition coefficient (Wildman–Crippen LogP) is 2.03. The number of imidazole rings is 1. The van der Waals surface area contributed by atoms with Crippen LogP contribution in [0, 0.1) is 5.92 Å². The monoisotopic (exact) mass is 353 g/mol. The van der Waals surface area contributed by atoms with Crippen LogP contribution in [0.1, 0.15) is 28.9 Å². The second kappa shape index (κ2) is 6.76. The van der Waals surface area contributed by atoms with Crippen LogP contribution in [0.3, 0.4) is 0 Å². The number of rotatable bonds is 4. The summed E-state index contributed by atoms with van der Waals surface area (Å²) in [5, 5.41) is 4.00. The van der Waals surface area contributed by atoms with Crippen LogP contribution in [0.25, 0.3) is 10.8 Å². The molecule has 134 valence electrons. The zero-order chi connectivity index (χ0) is 18.1. The Hall–Kier alpha value is -2.93. The number of aryl methyl sites for hydroxylation is 1. The molecule has 0 saturated carbocycles. The summed E-state index contributed by atoms with van der Waals surface area (Å²) >= 11 is 0. The zero-order valence-electron chi connectivity index (χ0n) is 14.3. The quantitative estimate of drug-likeness (QED) is 0.776. The normalized spacial score (nSPS) is 19.7. The molecule has 7 nitrogen and oxygen atoms in total. The Morgan fingerprint density at radius 3 is 3.04 bits per heavy atom. The molecule has 1 amide bonds. The Kier molecular flexibility index (Phi) is 4.30. The number of benzene rings is 1. The summed E-state index contributed by atoms with van der Waals surface area (Å²) in [6.45, 7) is 1.05. The summed E-state index contributed by atoms with van der Waals surface area (Å²) in [4.78, 5) is 28.8. The van der Waals surface area contributed by atoms with Crippen LogP contribution in [0.5, 0.6) is 0 Å². The number of carbonyl (C=O) groups excluding carboxylic acids is 1. The number of nitrogens with zero attached hydrogens (tertiary/aromatic N) is 2. The lowest BCUT2D eigenvalue weighted by atomic mass is 10.0. The summed E-state index contributed by atoms with van der Waals surface area (Å²) in [5.41, 5.74) is -0.511. The first-order valence-electron chi connectivity index (χ1n) is 8.53. The van der Waals surface area contributed by atoms with Crippen LogP contribution in [0.2, 0.25) is 0 Å². The molecule has 1 fully saturated rings. The molecule has 2 aromatic heterocycles. The number of nitrogens with one attached hydrogen (secondary N) is 1. The number of ether oxygens (including phenoxy) is 1. The van der Waals surface area contributed by atoms with Crippen molar-refractivity contribution in [3.05, 3.63) is 64.7 Å². The highest BCUT2D eigenvalue weighted by Gasteiger charge is 2.32. The SMILES string of the molecule is Cn1ccnc1[C@@H]1OCC[C@H]1CNC(=O)c1cc2ccccc2c(=O)o1. The van der Waals surface area contributed by atoms with Gasteiger partial charge >= 0.3 is 5.63 Å². The number of carbonyl (C=O) groups is 1. The van der Waals surface area contributed by atoms with E-state index in [1.807, 2.05) is 23.9 Å². The predicted molar refractivity (Wildman–Crippen MR) is 94.8 cm³/mol. The molecular formula is C19H19N3O4. The fourth-order valence-electron chi connectivity index (χ4n) is 3.34. The summed E-state index contributed by atoms with van der Waals surface area (Å²) < 4.78 is 12.9. The van der Waals surface area contributed by atoms with E-state index in [1.165, 1.54) is 0 Å². The molecule has 1 aliphatic rings. The second-order valence-corrected chi connectivity index (χ2v) is 6.43. The van der Waals surface area contributed by atoms with Crippen molar-refractivity contribution < 1.29 is 13.9 Å². The molecular weight excluding hydrogens is 334 g/mol. The largest absolute Gasteiger partial charge is 0.417 e. The van der Waals surface area contributed by atoms with E-state index in [2.05, 4.69) is 10.3 Å². The van der Waals surface area contributed by atoms with Crippen LogP contribution in [0.4, 0.5) is 0 Å². The van der Waals surface area contributed by atoms with E-state index in [9.17, 15) is 9.59 Å². The molecule has 1 aromatic carbocycles. The van der Waals surface area contributed by atoms with Gasteiger partial charge in [0, 0.05) is 38.5 Å². The lowest BCUT2D eigenvalue weighted by Crippen LogP contribution is -2.31. The molecule has 3 aromatic rings. The number of amides is 1. The van der Waals surface area contributed by atoms with Gasteiger partial charge in [0.15, 0.2) is 5.76 Å². The van der Waals surface area contributed by atoms with Gasteiger partial charge in [-0.1, -0.05) is 18.2 Å². The van der Waals surface area contributed by atoms with Gasteiger partial charge in [-0.15, -0.1) is 0 Å². The lowest BCUT2D eigenvalue weighted by molar-refractivity contribution is 0.0771. The highest BCUT2D eigenvalue weighted by atomic mass is 16.5. The topological polar surface area (TPSA) is 86.4 Å². The fraction of sp³-hybridized carbons (Fsp3) is 0.316. The third-order valence-corrected chi connectivity index (χ3v) is 4.75. The molecule has 1 N–H and O–H groups in total. The first-order chi connectivity index (χ1) is 12.6. The van der Waals surface area contributed by atoms with E-state index in [0.29, 0.717) is 23.9 Å². The summed E-state index contributed by atoms with van der Waals surface area (Å²) in [5.74, 6) is 0.575. The van der Waals surface area contributed by atoms with Gasteiger partial charge in [-0.3, -0.25) is 4.79 Å². The molecule has 0 unspecified atom stereocenters. The molecule has 2 atom stereocenters. The van der Waals surface area contributed by atoms with Gasteiger partial charge in [0.25, 0.3) is 5.91 Å². The van der Waals surface area contributed by atoms with E-state index in [-0.39, 0.29) is 17.8 Å². The van der Waals surface area contributed by atoms with Crippen molar-refractivity contribution in [2.75, 3.05) is 13.2 Å². The minimum absolute atomic E-state index is 0.0150. The van der Waals surface area contributed by atoms with E-state index >= 15 is 0 Å². The summed E-state index contributed by atoms with van der Waals surface area (Å²) in [7, 11) is 1.92. The second-order valence-electron chi connectivity index (χ2n) is 6.43. The van der Waals surface area contributed by atoms with Crippen LogP contribution in [0.15, 0.2) is 51.9 Å². The van der Waals surface area contributed by atoms with Crippen molar-refractivity contribution in [1.82, 2.24) is 14.9 Å². The Bertz CT molecular complexity index is 1010. The Morgan fingerprint density at radius 1 is 1.38 bits per heavy atom. The third-order valence-electron chi connectivity index (χ3n) is 4.75. The molecule has 7 heteroatoms. The first-order valence-corrected chi connectivity index (χ1v) is 8.53. The maximum atomic E-state index is 12.5. The van der Waals surface area contributed by atoms with Crippen LogP contribution < -0.4 is 10.9 Å². The van der Waals surface area contributed by atoms with Gasteiger partial charge in [0.05, 0.1) is 5.39 Å². The fourth-order valence-corrected chi connectivity index (χ4v) is 3.34. The lowest BCUT2D eigenvalue weighted by Gasteiger charge is -2.18. The molecule has 0 aliphatic carbocycles. The van der Waals surface area contributed by atoms with Gasteiger partial charge < -0.3 is 19.0 Å².